The molecule has 2 rings (SSSR count). The summed E-state index contributed by atoms with van der Waals surface area (Å²) in [6.45, 7) is 6.62. The molecule has 0 aliphatic rings. The minimum absolute atomic E-state index is 0.717. The molecule has 0 heteroatoms. The third-order valence-electron chi connectivity index (χ3n) is 3.17. The highest BCUT2D eigenvalue weighted by molar-refractivity contribution is 5.69. The van der Waals surface area contributed by atoms with Crippen LogP contribution in [-0.4, -0.2) is 0 Å². The second kappa shape index (κ2) is 6.38. The van der Waals surface area contributed by atoms with Crippen molar-refractivity contribution in [1.82, 2.24) is 0 Å². The molecular weight excluding hydrogens is 228 g/mol. The summed E-state index contributed by atoms with van der Waals surface area (Å²) in [4.78, 5) is 0. The van der Waals surface area contributed by atoms with E-state index in [9.17, 15) is 0 Å². The van der Waals surface area contributed by atoms with Gasteiger partial charge in [0.25, 0.3) is 0 Å². The Kier molecular flexibility index (Phi) is 4.57. The van der Waals surface area contributed by atoms with Crippen LogP contribution < -0.4 is 0 Å². The maximum Gasteiger partial charge on any atom is -0.0256 e. The first kappa shape index (κ1) is 13.6. The molecule has 0 atom stereocenters. The number of aryl methyl sites for hydroxylation is 1. The highest BCUT2D eigenvalue weighted by Crippen LogP contribution is 2.13. The van der Waals surface area contributed by atoms with Crippen molar-refractivity contribution < 1.29 is 0 Å². The van der Waals surface area contributed by atoms with Gasteiger partial charge in [0.2, 0.25) is 0 Å². The predicted octanol–water partition coefficient (Wildman–Crippen LogP) is 5.36. The summed E-state index contributed by atoms with van der Waals surface area (Å²) in [5.74, 6) is 0.717. The van der Waals surface area contributed by atoms with Gasteiger partial charge < -0.3 is 0 Å². The Morgan fingerprint density at radius 2 is 1.26 bits per heavy atom. The van der Waals surface area contributed by atoms with E-state index in [1.54, 1.807) is 0 Å². The van der Waals surface area contributed by atoms with Gasteiger partial charge in [-0.05, 0) is 36.0 Å². The van der Waals surface area contributed by atoms with Crippen molar-refractivity contribution >= 4 is 12.2 Å². The molecule has 0 nitrogen and oxygen atoms in total. The Morgan fingerprint density at radius 1 is 0.789 bits per heavy atom. The Morgan fingerprint density at radius 3 is 1.74 bits per heavy atom. The van der Waals surface area contributed by atoms with Crippen LogP contribution in [0.5, 0.6) is 0 Å². The van der Waals surface area contributed by atoms with Crippen LogP contribution in [0.25, 0.3) is 12.2 Å². The van der Waals surface area contributed by atoms with E-state index < -0.39 is 0 Å². The summed E-state index contributed by atoms with van der Waals surface area (Å²) in [5.41, 5.74) is 5.22. The van der Waals surface area contributed by atoms with E-state index in [1.807, 2.05) is 0 Å². The third-order valence-corrected chi connectivity index (χ3v) is 3.17. The molecule has 19 heavy (non-hydrogen) atoms. The lowest BCUT2D eigenvalue weighted by molar-refractivity contribution is 0.647. The van der Waals surface area contributed by atoms with E-state index in [0.717, 1.165) is 6.42 Å². The van der Waals surface area contributed by atoms with Crippen molar-refractivity contribution in [2.24, 2.45) is 5.92 Å². The number of hydrogen-bond donors (Lipinski definition) is 0. The molecule has 0 aliphatic heterocycles. The standard InChI is InChI=1S/C19H22/c1-15(2)14-19-12-10-18(11-13-19)9-8-17-6-4-16(3)5-7-17/h4-13,15H,14H2,1-3H3/b9-8-. The molecular formula is C19H22. The Labute approximate surface area is 116 Å². The first-order valence-electron chi connectivity index (χ1n) is 6.97. The zero-order valence-corrected chi connectivity index (χ0v) is 12.1. The second-order valence-electron chi connectivity index (χ2n) is 5.58. The van der Waals surface area contributed by atoms with Gasteiger partial charge in [-0.2, -0.15) is 0 Å². The van der Waals surface area contributed by atoms with Crippen LogP contribution in [0.15, 0.2) is 48.5 Å². The largest absolute Gasteiger partial charge is 0.0625 e. The van der Waals surface area contributed by atoms with Crippen molar-refractivity contribution in [3.63, 3.8) is 0 Å². The Balaban J connectivity index is 2.04. The van der Waals surface area contributed by atoms with Crippen LogP contribution in [0, 0.1) is 12.8 Å². The topological polar surface area (TPSA) is 0 Å². The summed E-state index contributed by atoms with van der Waals surface area (Å²) in [7, 11) is 0. The van der Waals surface area contributed by atoms with Crippen molar-refractivity contribution in [1.29, 1.82) is 0 Å². The van der Waals surface area contributed by atoms with Gasteiger partial charge in [0, 0.05) is 0 Å². The highest BCUT2D eigenvalue weighted by Gasteiger charge is 1.96. The first-order chi connectivity index (χ1) is 9.13. The Bertz CT molecular complexity index is 527. The van der Waals surface area contributed by atoms with E-state index in [0.29, 0.717) is 5.92 Å². The van der Waals surface area contributed by atoms with Gasteiger partial charge in [-0.15, -0.1) is 0 Å². The predicted molar refractivity (Wildman–Crippen MR) is 85.1 cm³/mol. The van der Waals surface area contributed by atoms with E-state index in [1.165, 1.54) is 22.3 Å². The molecule has 0 aliphatic carbocycles. The molecule has 0 bridgehead atoms. The molecule has 0 radical (unpaired) electrons. The van der Waals surface area contributed by atoms with E-state index in [-0.39, 0.29) is 0 Å². The fourth-order valence-corrected chi connectivity index (χ4v) is 2.11. The SMILES string of the molecule is Cc1ccc(/C=C\c2ccc(CC(C)C)cc2)cc1. The van der Waals surface area contributed by atoms with Gasteiger partial charge in [0.05, 0.1) is 0 Å². The molecule has 2 aromatic carbocycles. The van der Waals surface area contributed by atoms with E-state index in [2.05, 4.69) is 81.5 Å². The maximum absolute atomic E-state index is 2.26. The molecule has 0 unspecified atom stereocenters. The van der Waals surface area contributed by atoms with Crippen LogP contribution in [-0.2, 0) is 6.42 Å². The van der Waals surface area contributed by atoms with Gasteiger partial charge in [0.1, 0.15) is 0 Å². The summed E-state index contributed by atoms with van der Waals surface area (Å²) in [5, 5.41) is 0. The number of rotatable bonds is 4. The van der Waals surface area contributed by atoms with Crippen molar-refractivity contribution in [3.8, 4) is 0 Å². The fourth-order valence-electron chi connectivity index (χ4n) is 2.11. The Hall–Kier alpha value is -1.82. The van der Waals surface area contributed by atoms with Crippen molar-refractivity contribution in [3.05, 3.63) is 70.8 Å². The van der Waals surface area contributed by atoms with Gasteiger partial charge >= 0.3 is 0 Å². The second-order valence-corrected chi connectivity index (χ2v) is 5.58. The lowest BCUT2D eigenvalue weighted by atomic mass is 10.0. The van der Waals surface area contributed by atoms with Crippen LogP contribution in [0.1, 0.15) is 36.1 Å². The molecule has 2 aromatic rings. The van der Waals surface area contributed by atoms with Gasteiger partial charge in [-0.3, -0.25) is 0 Å². The smallest absolute Gasteiger partial charge is 0.0256 e. The van der Waals surface area contributed by atoms with Crippen LogP contribution in [0.4, 0.5) is 0 Å². The highest BCUT2D eigenvalue weighted by atomic mass is 14.0. The number of hydrogen-bond acceptors (Lipinski definition) is 0. The lowest BCUT2D eigenvalue weighted by Gasteiger charge is -2.04. The molecule has 98 valence electrons. The molecule has 0 N–H and O–H groups in total. The summed E-state index contributed by atoms with van der Waals surface area (Å²) in [6.07, 6.45) is 5.49. The quantitative estimate of drug-likeness (QED) is 0.640. The molecule has 0 aromatic heterocycles. The monoisotopic (exact) mass is 250 g/mol. The molecule has 0 heterocycles. The minimum atomic E-state index is 0.717. The van der Waals surface area contributed by atoms with Gasteiger partial charge in [-0.1, -0.05) is 80.1 Å². The maximum atomic E-state index is 2.26. The van der Waals surface area contributed by atoms with Crippen molar-refractivity contribution in [2.45, 2.75) is 27.2 Å². The molecule has 0 saturated carbocycles. The normalized spacial score (nSPS) is 11.4. The lowest BCUT2D eigenvalue weighted by Crippen LogP contribution is -1.93. The van der Waals surface area contributed by atoms with Gasteiger partial charge in [-0.25, -0.2) is 0 Å². The van der Waals surface area contributed by atoms with E-state index in [4.69, 9.17) is 0 Å². The summed E-state index contributed by atoms with van der Waals surface area (Å²) in [6, 6.07) is 17.4. The van der Waals surface area contributed by atoms with Crippen LogP contribution in [0.3, 0.4) is 0 Å². The fraction of sp³-hybridized carbons (Fsp3) is 0.263. The van der Waals surface area contributed by atoms with Crippen LogP contribution >= 0.6 is 0 Å². The average Bonchev–Trinajstić information content (AvgIpc) is 2.39. The summed E-state index contributed by atoms with van der Waals surface area (Å²) < 4.78 is 0. The third kappa shape index (κ3) is 4.40. The van der Waals surface area contributed by atoms with Gasteiger partial charge in [0.15, 0.2) is 0 Å². The molecule has 0 fully saturated rings. The molecule has 0 saturated heterocycles. The summed E-state index contributed by atoms with van der Waals surface area (Å²) >= 11 is 0. The van der Waals surface area contributed by atoms with Crippen LogP contribution in [0.2, 0.25) is 0 Å². The first-order valence-corrected chi connectivity index (χ1v) is 6.97. The molecule has 0 amide bonds. The zero-order valence-electron chi connectivity index (χ0n) is 12.1. The average molecular weight is 250 g/mol. The van der Waals surface area contributed by atoms with E-state index >= 15 is 0 Å². The number of benzene rings is 2. The van der Waals surface area contributed by atoms with Crippen molar-refractivity contribution in [2.75, 3.05) is 0 Å². The zero-order chi connectivity index (χ0) is 13.7. The minimum Gasteiger partial charge on any atom is -0.0625 e. The molecule has 0 spiro atoms.